The molecule has 2 unspecified atom stereocenters. The van der Waals surface area contributed by atoms with Crippen LogP contribution in [-0.2, 0) is 14.3 Å². The van der Waals surface area contributed by atoms with Crippen molar-refractivity contribution in [3.05, 3.63) is 6.33 Å². The van der Waals surface area contributed by atoms with Crippen LogP contribution in [0.4, 0.5) is 4.79 Å². The minimum atomic E-state index is -0.695. The van der Waals surface area contributed by atoms with E-state index in [2.05, 4.69) is 15.5 Å². The zero-order valence-corrected chi connectivity index (χ0v) is 12.5. The molecule has 2 atom stereocenters. The molecule has 0 radical (unpaired) electrons. The number of esters is 1. The molecule has 21 heavy (non-hydrogen) atoms. The van der Waals surface area contributed by atoms with Gasteiger partial charge in [-0.25, -0.2) is 14.3 Å². The van der Waals surface area contributed by atoms with E-state index in [9.17, 15) is 9.59 Å². The van der Waals surface area contributed by atoms with Crippen LogP contribution in [0.25, 0.3) is 0 Å². The lowest BCUT2D eigenvalue weighted by Crippen LogP contribution is -2.43. The van der Waals surface area contributed by atoms with Gasteiger partial charge in [-0.2, -0.15) is 0 Å². The molecule has 116 valence electrons. The molecule has 0 aliphatic carbocycles. The minimum Gasteiger partial charge on any atom is -0.467 e. The third kappa shape index (κ3) is 3.47. The Morgan fingerprint density at radius 3 is 2.57 bits per heavy atom. The zero-order valence-electron chi connectivity index (χ0n) is 12.5. The Kier molecular flexibility index (Phi) is 4.10. The van der Waals surface area contributed by atoms with E-state index < -0.39 is 23.7 Å². The van der Waals surface area contributed by atoms with Gasteiger partial charge in [0, 0.05) is 13.0 Å². The largest absolute Gasteiger partial charge is 0.467 e. The Labute approximate surface area is 122 Å². The molecular weight excluding hydrogens is 278 g/mol. The lowest BCUT2D eigenvalue weighted by Gasteiger charge is -2.27. The molecule has 1 aromatic heterocycles. The van der Waals surface area contributed by atoms with Gasteiger partial charge in [0.05, 0.1) is 13.2 Å². The van der Waals surface area contributed by atoms with Crippen molar-refractivity contribution in [1.82, 2.24) is 25.1 Å². The van der Waals surface area contributed by atoms with Crippen LogP contribution in [0.5, 0.6) is 0 Å². The summed E-state index contributed by atoms with van der Waals surface area (Å²) >= 11 is 0. The van der Waals surface area contributed by atoms with Crippen molar-refractivity contribution in [2.75, 3.05) is 13.7 Å². The van der Waals surface area contributed by atoms with E-state index in [4.69, 9.17) is 9.47 Å². The maximum Gasteiger partial charge on any atom is 0.411 e. The summed E-state index contributed by atoms with van der Waals surface area (Å²) in [5.41, 5.74) is -0.634. The second-order valence-electron chi connectivity index (χ2n) is 5.85. The molecule has 2 heterocycles. The summed E-state index contributed by atoms with van der Waals surface area (Å²) in [5, 5.41) is 10.9. The van der Waals surface area contributed by atoms with Crippen molar-refractivity contribution < 1.29 is 19.1 Å². The second kappa shape index (κ2) is 5.66. The predicted molar refractivity (Wildman–Crippen MR) is 70.2 cm³/mol. The molecule has 1 aliphatic rings. The Hall–Kier alpha value is -2.19. The van der Waals surface area contributed by atoms with E-state index in [-0.39, 0.29) is 6.04 Å². The number of hydrogen-bond donors (Lipinski definition) is 0. The number of likely N-dealkylation sites (tertiary alicyclic amines) is 1. The number of tetrazole rings is 1. The molecule has 0 spiro atoms. The Morgan fingerprint density at radius 1 is 1.33 bits per heavy atom. The lowest BCUT2D eigenvalue weighted by atomic mass is 10.2. The molecule has 1 aliphatic heterocycles. The van der Waals surface area contributed by atoms with Crippen LogP contribution in [0.3, 0.4) is 0 Å². The number of amides is 1. The first-order valence-electron chi connectivity index (χ1n) is 6.61. The summed E-state index contributed by atoms with van der Waals surface area (Å²) in [6.07, 6.45) is 1.29. The van der Waals surface area contributed by atoms with Crippen molar-refractivity contribution in [3.63, 3.8) is 0 Å². The monoisotopic (exact) mass is 297 g/mol. The molecule has 0 N–H and O–H groups in total. The van der Waals surface area contributed by atoms with Gasteiger partial charge in [-0.15, -0.1) is 5.10 Å². The van der Waals surface area contributed by atoms with Crippen LogP contribution >= 0.6 is 0 Å². The number of carbonyl (C=O) groups is 2. The van der Waals surface area contributed by atoms with Crippen molar-refractivity contribution in [2.45, 2.75) is 44.9 Å². The first-order chi connectivity index (χ1) is 9.81. The van der Waals surface area contributed by atoms with E-state index >= 15 is 0 Å². The van der Waals surface area contributed by atoms with Crippen molar-refractivity contribution >= 4 is 12.1 Å². The number of aromatic nitrogens is 4. The first-order valence-corrected chi connectivity index (χ1v) is 6.61. The van der Waals surface area contributed by atoms with Gasteiger partial charge >= 0.3 is 12.1 Å². The summed E-state index contributed by atoms with van der Waals surface area (Å²) in [5.74, 6) is -0.476. The van der Waals surface area contributed by atoms with Crippen LogP contribution in [0.15, 0.2) is 6.33 Å². The highest BCUT2D eigenvalue weighted by atomic mass is 16.6. The normalized spacial score (nSPS) is 22.2. The number of nitrogens with zero attached hydrogens (tertiary/aromatic N) is 5. The maximum absolute atomic E-state index is 12.2. The third-order valence-electron chi connectivity index (χ3n) is 3.12. The summed E-state index contributed by atoms with van der Waals surface area (Å²) < 4.78 is 11.6. The van der Waals surface area contributed by atoms with Crippen LogP contribution in [0, 0.1) is 0 Å². The highest BCUT2D eigenvalue weighted by molar-refractivity contribution is 5.82. The fourth-order valence-corrected chi connectivity index (χ4v) is 2.22. The predicted octanol–water partition coefficient (Wildman–Crippen LogP) is 0.397. The van der Waals surface area contributed by atoms with E-state index in [0.717, 1.165) is 0 Å². The van der Waals surface area contributed by atoms with Crippen molar-refractivity contribution in [2.24, 2.45) is 0 Å². The summed E-state index contributed by atoms with van der Waals surface area (Å²) in [7, 11) is 1.29. The maximum atomic E-state index is 12.2. The summed E-state index contributed by atoms with van der Waals surface area (Å²) in [4.78, 5) is 25.5. The molecule has 9 heteroatoms. The quantitative estimate of drug-likeness (QED) is 0.728. The smallest absolute Gasteiger partial charge is 0.411 e. The SMILES string of the molecule is COC(=O)C1CC(n2cnnn2)CN1C(=O)OC(C)(C)C. The van der Waals surface area contributed by atoms with E-state index in [1.54, 1.807) is 20.8 Å². The van der Waals surface area contributed by atoms with Gasteiger partial charge in [-0.1, -0.05) is 0 Å². The van der Waals surface area contributed by atoms with Gasteiger partial charge in [-0.05, 0) is 31.2 Å². The first kappa shape index (κ1) is 15.2. The molecule has 0 bridgehead atoms. The second-order valence-corrected chi connectivity index (χ2v) is 5.85. The standard InChI is InChI=1S/C12H19N5O4/c1-12(2,3)21-11(19)16-6-8(17-7-13-14-15-17)5-9(16)10(18)20-4/h7-9H,5-6H2,1-4H3. The molecule has 0 aromatic carbocycles. The molecular formula is C12H19N5O4. The zero-order chi connectivity index (χ0) is 15.6. The number of rotatable bonds is 2. The van der Waals surface area contributed by atoms with Gasteiger partial charge in [0.25, 0.3) is 0 Å². The van der Waals surface area contributed by atoms with Gasteiger partial charge < -0.3 is 9.47 Å². The molecule has 1 aromatic rings. The van der Waals surface area contributed by atoms with Crippen LogP contribution < -0.4 is 0 Å². The number of ether oxygens (including phenoxy) is 2. The Morgan fingerprint density at radius 2 is 2.05 bits per heavy atom. The fraction of sp³-hybridized carbons (Fsp3) is 0.750. The van der Waals surface area contributed by atoms with Crippen molar-refractivity contribution in [1.29, 1.82) is 0 Å². The van der Waals surface area contributed by atoms with Gasteiger partial charge in [-0.3, -0.25) is 4.90 Å². The van der Waals surface area contributed by atoms with Gasteiger partial charge in [0.1, 0.15) is 18.0 Å². The summed E-state index contributed by atoms with van der Waals surface area (Å²) in [6.45, 7) is 5.60. The topological polar surface area (TPSA) is 99.4 Å². The van der Waals surface area contributed by atoms with Gasteiger partial charge in [0.15, 0.2) is 0 Å². The molecule has 1 saturated heterocycles. The highest BCUT2D eigenvalue weighted by Gasteiger charge is 2.43. The summed E-state index contributed by atoms with van der Waals surface area (Å²) in [6, 6.07) is -0.879. The Balaban J connectivity index is 2.16. The average molecular weight is 297 g/mol. The lowest BCUT2D eigenvalue weighted by molar-refractivity contribution is -0.145. The number of carbonyl (C=O) groups excluding carboxylic acids is 2. The molecule has 1 fully saturated rings. The van der Waals surface area contributed by atoms with Crippen LogP contribution in [0.2, 0.25) is 0 Å². The number of hydrogen-bond acceptors (Lipinski definition) is 7. The fourth-order valence-electron chi connectivity index (χ4n) is 2.22. The van der Waals surface area contributed by atoms with E-state index in [1.165, 1.54) is 23.0 Å². The Bertz CT molecular complexity index is 510. The van der Waals surface area contributed by atoms with E-state index in [0.29, 0.717) is 13.0 Å². The van der Waals surface area contributed by atoms with Crippen LogP contribution in [0.1, 0.15) is 33.2 Å². The van der Waals surface area contributed by atoms with Crippen LogP contribution in [-0.4, -0.2) is 62.5 Å². The molecule has 2 rings (SSSR count). The molecule has 1 amide bonds. The van der Waals surface area contributed by atoms with Crippen molar-refractivity contribution in [3.8, 4) is 0 Å². The average Bonchev–Trinajstić information content (AvgIpc) is 3.04. The molecule has 0 saturated carbocycles. The third-order valence-corrected chi connectivity index (χ3v) is 3.12. The van der Waals surface area contributed by atoms with E-state index in [1.807, 2.05) is 0 Å². The highest BCUT2D eigenvalue weighted by Crippen LogP contribution is 2.28. The van der Waals surface area contributed by atoms with Gasteiger partial charge in [0.2, 0.25) is 0 Å². The number of methoxy groups -OCH3 is 1. The molecule has 9 nitrogen and oxygen atoms in total. The minimum absolute atomic E-state index is 0.184.